The highest BCUT2D eigenvalue weighted by Crippen LogP contribution is 2.11. The molecule has 0 saturated carbocycles. The molecule has 0 aliphatic carbocycles. The average Bonchev–Trinajstić information content (AvgIpc) is 1.90. The molecule has 1 fully saturated rings. The van der Waals surface area contributed by atoms with Crippen molar-refractivity contribution in [1.82, 2.24) is 0 Å². The minimum absolute atomic E-state index is 0.890. The maximum atomic E-state index is 5.13. The van der Waals surface area contributed by atoms with Crippen molar-refractivity contribution in [3.8, 4) is 0 Å². The van der Waals surface area contributed by atoms with Crippen molar-refractivity contribution in [2.45, 2.75) is 12.8 Å². The number of hydrogen-bond donors (Lipinski definition) is 0. The van der Waals surface area contributed by atoms with Crippen LogP contribution in [0.25, 0.3) is 0 Å². The Bertz CT molecular complexity index is 86.6. The van der Waals surface area contributed by atoms with E-state index in [1.165, 1.54) is 5.57 Å². The SMILES string of the molecule is [CH2]C=C1CCOCC1. The number of allylic oxidation sites excluding steroid dienone is 1. The molecular weight excluding hydrogens is 100 g/mol. The van der Waals surface area contributed by atoms with Crippen LogP contribution >= 0.6 is 0 Å². The first-order valence-corrected chi connectivity index (χ1v) is 2.98. The lowest BCUT2D eigenvalue weighted by molar-refractivity contribution is 0.119. The van der Waals surface area contributed by atoms with Crippen molar-refractivity contribution in [2.75, 3.05) is 13.2 Å². The van der Waals surface area contributed by atoms with E-state index in [1.807, 2.05) is 6.08 Å². The van der Waals surface area contributed by atoms with Crippen molar-refractivity contribution in [1.29, 1.82) is 0 Å². The van der Waals surface area contributed by atoms with Crippen molar-refractivity contribution in [3.05, 3.63) is 18.6 Å². The number of ether oxygens (including phenoxy) is 1. The first kappa shape index (κ1) is 5.83. The Kier molecular flexibility index (Phi) is 2.10. The summed E-state index contributed by atoms with van der Waals surface area (Å²) in [4.78, 5) is 0. The first-order chi connectivity index (χ1) is 3.93. The third-order valence-electron chi connectivity index (χ3n) is 1.42. The molecule has 0 aromatic carbocycles. The molecular formula is C7H11O. The number of rotatable bonds is 0. The zero-order valence-corrected chi connectivity index (χ0v) is 5.02. The van der Waals surface area contributed by atoms with Gasteiger partial charge in [-0.25, -0.2) is 0 Å². The molecule has 1 aliphatic heterocycles. The fourth-order valence-electron chi connectivity index (χ4n) is 0.838. The van der Waals surface area contributed by atoms with Gasteiger partial charge in [-0.15, -0.1) is 0 Å². The van der Waals surface area contributed by atoms with Crippen LogP contribution in [0.1, 0.15) is 12.8 Å². The van der Waals surface area contributed by atoms with Gasteiger partial charge in [-0.05, 0) is 19.8 Å². The zero-order chi connectivity index (χ0) is 5.82. The van der Waals surface area contributed by atoms with Gasteiger partial charge in [-0.1, -0.05) is 11.6 Å². The van der Waals surface area contributed by atoms with Gasteiger partial charge in [-0.2, -0.15) is 0 Å². The van der Waals surface area contributed by atoms with E-state index in [1.54, 1.807) is 0 Å². The second-order valence-corrected chi connectivity index (χ2v) is 1.97. The lowest BCUT2D eigenvalue weighted by Gasteiger charge is -2.13. The van der Waals surface area contributed by atoms with E-state index in [0.717, 1.165) is 26.1 Å². The molecule has 8 heavy (non-hydrogen) atoms. The van der Waals surface area contributed by atoms with Crippen LogP contribution in [0.15, 0.2) is 11.6 Å². The van der Waals surface area contributed by atoms with Crippen molar-refractivity contribution >= 4 is 0 Å². The Morgan fingerprint density at radius 3 is 2.38 bits per heavy atom. The van der Waals surface area contributed by atoms with Crippen LogP contribution < -0.4 is 0 Å². The zero-order valence-electron chi connectivity index (χ0n) is 5.02. The Morgan fingerprint density at radius 2 is 2.00 bits per heavy atom. The molecule has 1 nitrogen and oxygen atoms in total. The van der Waals surface area contributed by atoms with E-state index < -0.39 is 0 Å². The largest absolute Gasteiger partial charge is 0.381 e. The van der Waals surface area contributed by atoms with Gasteiger partial charge in [0, 0.05) is 0 Å². The van der Waals surface area contributed by atoms with Crippen molar-refractivity contribution < 1.29 is 4.74 Å². The second kappa shape index (κ2) is 2.88. The standard InChI is InChI=1S/C7H11O/c1-2-7-3-5-8-6-4-7/h2H,1,3-6H2. The average molecular weight is 111 g/mol. The van der Waals surface area contributed by atoms with E-state index in [9.17, 15) is 0 Å². The van der Waals surface area contributed by atoms with E-state index >= 15 is 0 Å². The molecule has 0 amide bonds. The molecule has 1 heterocycles. The Hall–Kier alpha value is -0.300. The summed E-state index contributed by atoms with van der Waals surface area (Å²) in [7, 11) is 0. The summed E-state index contributed by atoms with van der Waals surface area (Å²) in [5.41, 5.74) is 1.44. The molecule has 45 valence electrons. The Labute approximate surface area is 50.3 Å². The molecule has 1 heteroatoms. The molecule has 0 aromatic rings. The molecule has 1 saturated heterocycles. The predicted molar refractivity (Wildman–Crippen MR) is 33.5 cm³/mol. The molecule has 0 aromatic heterocycles. The maximum absolute atomic E-state index is 5.13. The predicted octanol–water partition coefficient (Wildman–Crippen LogP) is 1.56. The molecule has 1 aliphatic rings. The minimum atomic E-state index is 0.890. The lowest BCUT2D eigenvalue weighted by Crippen LogP contribution is -2.06. The number of hydrogen-bond acceptors (Lipinski definition) is 1. The summed E-state index contributed by atoms with van der Waals surface area (Å²) in [5, 5.41) is 0. The van der Waals surface area contributed by atoms with Crippen LogP contribution in [-0.4, -0.2) is 13.2 Å². The molecule has 0 spiro atoms. The van der Waals surface area contributed by atoms with E-state index in [2.05, 4.69) is 6.92 Å². The van der Waals surface area contributed by atoms with Gasteiger partial charge in [0.25, 0.3) is 0 Å². The van der Waals surface area contributed by atoms with Gasteiger partial charge in [0.1, 0.15) is 0 Å². The molecule has 0 N–H and O–H groups in total. The van der Waals surface area contributed by atoms with E-state index in [0.29, 0.717) is 0 Å². The molecule has 1 radical (unpaired) electrons. The van der Waals surface area contributed by atoms with Gasteiger partial charge in [0.2, 0.25) is 0 Å². The fraction of sp³-hybridized carbons (Fsp3) is 0.571. The van der Waals surface area contributed by atoms with Gasteiger partial charge in [0.05, 0.1) is 13.2 Å². The smallest absolute Gasteiger partial charge is 0.0503 e. The van der Waals surface area contributed by atoms with Gasteiger partial charge in [0.15, 0.2) is 0 Å². The summed E-state index contributed by atoms with van der Waals surface area (Å²) >= 11 is 0. The summed E-state index contributed by atoms with van der Waals surface area (Å²) in [6, 6.07) is 0. The fourth-order valence-corrected chi connectivity index (χ4v) is 0.838. The van der Waals surface area contributed by atoms with Crippen LogP contribution in [0.3, 0.4) is 0 Å². The van der Waals surface area contributed by atoms with E-state index in [-0.39, 0.29) is 0 Å². The van der Waals surface area contributed by atoms with Crippen molar-refractivity contribution in [2.24, 2.45) is 0 Å². The lowest BCUT2D eigenvalue weighted by atomic mass is 10.1. The van der Waals surface area contributed by atoms with Gasteiger partial charge in [-0.3, -0.25) is 0 Å². The highest BCUT2D eigenvalue weighted by atomic mass is 16.5. The molecule has 0 bridgehead atoms. The molecule has 1 rings (SSSR count). The summed E-state index contributed by atoms with van der Waals surface area (Å²) in [5.74, 6) is 0. The third-order valence-corrected chi connectivity index (χ3v) is 1.42. The van der Waals surface area contributed by atoms with Gasteiger partial charge >= 0.3 is 0 Å². The molecule has 0 unspecified atom stereocenters. The minimum Gasteiger partial charge on any atom is -0.381 e. The van der Waals surface area contributed by atoms with Crippen molar-refractivity contribution in [3.63, 3.8) is 0 Å². The topological polar surface area (TPSA) is 9.23 Å². The van der Waals surface area contributed by atoms with Gasteiger partial charge < -0.3 is 4.74 Å². The quantitative estimate of drug-likeness (QED) is 0.461. The Balaban J connectivity index is 2.33. The Morgan fingerprint density at radius 1 is 1.38 bits per heavy atom. The summed E-state index contributed by atoms with van der Waals surface area (Å²) < 4.78 is 5.13. The maximum Gasteiger partial charge on any atom is 0.0503 e. The third kappa shape index (κ3) is 1.34. The van der Waals surface area contributed by atoms with Crippen LogP contribution in [0.2, 0.25) is 0 Å². The van der Waals surface area contributed by atoms with E-state index in [4.69, 9.17) is 4.74 Å². The molecule has 0 atom stereocenters. The second-order valence-electron chi connectivity index (χ2n) is 1.97. The first-order valence-electron chi connectivity index (χ1n) is 2.98. The van der Waals surface area contributed by atoms with Crippen LogP contribution in [-0.2, 0) is 4.74 Å². The summed E-state index contributed by atoms with van der Waals surface area (Å²) in [6.07, 6.45) is 4.12. The highest BCUT2D eigenvalue weighted by Gasteiger charge is 2.02. The summed E-state index contributed by atoms with van der Waals surface area (Å²) in [6.45, 7) is 5.47. The normalized spacial score (nSPS) is 20.9. The monoisotopic (exact) mass is 111 g/mol. The van der Waals surface area contributed by atoms with Crippen LogP contribution in [0.4, 0.5) is 0 Å². The van der Waals surface area contributed by atoms with Crippen LogP contribution in [0, 0.1) is 6.92 Å². The van der Waals surface area contributed by atoms with Crippen LogP contribution in [0.5, 0.6) is 0 Å². The highest BCUT2D eigenvalue weighted by molar-refractivity contribution is 5.04.